The Balaban J connectivity index is 1.86. The molecule has 0 aromatic heterocycles. The topological polar surface area (TPSA) is 26.3 Å². The lowest BCUT2D eigenvalue weighted by Gasteiger charge is -2.25. The van der Waals surface area contributed by atoms with Crippen molar-refractivity contribution in [2.75, 3.05) is 5.75 Å². The van der Waals surface area contributed by atoms with Crippen molar-refractivity contribution in [1.82, 2.24) is 0 Å². The van der Waals surface area contributed by atoms with Crippen LogP contribution in [0.4, 0.5) is 0 Å². The third kappa shape index (κ3) is 2.46. The number of hydrogen-bond acceptors (Lipinski definition) is 3. The van der Waals surface area contributed by atoms with Gasteiger partial charge in [-0.05, 0) is 31.5 Å². The largest absolute Gasteiger partial charge is 0.480 e. The van der Waals surface area contributed by atoms with Crippen LogP contribution in [0.5, 0.6) is 5.75 Å². The molecule has 1 aliphatic rings. The average Bonchev–Trinajstić information content (AvgIpc) is 2.46. The Labute approximate surface area is 123 Å². The van der Waals surface area contributed by atoms with Gasteiger partial charge in [-0.2, -0.15) is 0 Å². The van der Waals surface area contributed by atoms with Gasteiger partial charge in [-0.25, -0.2) is 0 Å². The van der Waals surface area contributed by atoms with Crippen molar-refractivity contribution in [2.24, 2.45) is 0 Å². The predicted octanol–water partition coefficient (Wildman–Crippen LogP) is 4.04. The summed E-state index contributed by atoms with van der Waals surface area (Å²) in [4.78, 5) is 13.7. The van der Waals surface area contributed by atoms with Crippen molar-refractivity contribution in [3.8, 4) is 5.75 Å². The van der Waals surface area contributed by atoms with Gasteiger partial charge in [0.1, 0.15) is 5.75 Å². The van der Waals surface area contributed by atoms with E-state index in [1.54, 1.807) is 11.8 Å². The molecule has 1 aliphatic heterocycles. The van der Waals surface area contributed by atoms with Crippen molar-refractivity contribution in [2.45, 2.75) is 24.8 Å². The number of ether oxygens (including phenoxy) is 1. The van der Waals surface area contributed by atoms with E-state index in [1.807, 2.05) is 56.3 Å². The molecular weight excluding hydrogens is 268 g/mol. The number of ketones is 1. The summed E-state index contributed by atoms with van der Waals surface area (Å²) in [6, 6.07) is 13.8. The Kier molecular flexibility index (Phi) is 3.53. The molecule has 0 spiro atoms. The normalized spacial score (nSPS) is 17.2. The molecule has 0 fully saturated rings. The summed E-state index contributed by atoms with van der Waals surface area (Å²) in [5.41, 5.74) is 2.95. The number of hydrogen-bond donors (Lipinski definition) is 0. The SMILES string of the molecule is Cc1ccc(C(=O)C2CSc3ccccc3O2)c(C)c1. The molecule has 3 rings (SSSR count). The summed E-state index contributed by atoms with van der Waals surface area (Å²) >= 11 is 1.68. The van der Waals surface area contributed by atoms with E-state index in [1.165, 1.54) is 5.56 Å². The molecule has 1 unspecified atom stereocenters. The Morgan fingerprint density at radius 2 is 2.00 bits per heavy atom. The number of benzene rings is 2. The minimum atomic E-state index is -0.392. The van der Waals surface area contributed by atoms with Crippen LogP contribution in [0.25, 0.3) is 0 Å². The van der Waals surface area contributed by atoms with Gasteiger partial charge in [0.05, 0.1) is 0 Å². The number of carbonyl (C=O) groups excluding carboxylic acids is 1. The highest BCUT2D eigenvalue weighted by molar-refractivity contribution is 7.99. The zero-order valence-corrected chi connectivity index (χ0v) is 12.4. The van der Waals surface area contributed by atoms with E-state index in [2.05, 4.69) is 0 Å². The van der Waals surface area contributed by atoms with E-state index < -0.39 is 6.10 Å². The summed E-state index contributed by atoms with van der Waals surface area (Å²) in [6.45, 7) is 4.01. The molecule has 0 radical (unpaired) electrons. The maximum Gasteiger partial charge on any atom is 0.204 e. The van der Waals surface area contributed by atoms with Crippen LogP contribution in [0.15, 0.2) is 47.4 Å². The number of para-hydroxylation sites is 1. The van der Waals surface area contributed by atoms with E-state index in [-0.39, 0.29) is 5.78 Å². The highest BCUT2D eigenvalue weighted by Crippen LogP contribution is 2.35. The molecule has 1 heterocycles. The van der Waals surface area contributed by atoms with Crippen LogP contribution in [0, 0.1) is 13.8 Å². The summed E-state index contributed by atoms with van der Waals surface area (Å²) < 4.78 is 5.86. The first-order valence-corrected chi connectivity index (χ1v) is 7.63. The molecule has 3 heteroatoms. The second-order valence-electron chi connectivity index (χ2n) is 5.05. The minimum Gasteiger partial charge on any atom is -0.480 e. The first kappa shape index (κ1) is 13.3. The fourth-order valence-electron chi connectivity index (χ4n) is 2.41. The van der Waals surface area contributed by atoms with Crippen LogP contribution < -0.4 is 4.74 Å². The molecule has 0 saturated heterocycles. The molecule has 2 aromatic rings. The van der Waals surface area contributed by atoms with E-state index in [0.717, 1.165) is 21.8 Å². The lowest BCUT2D eigenvalue weighted by atomic mass is 9.99. The van der Waals surface area contributed by atoms with Crippen molar-refractivity contribution in [3.63, 3.8) is 0 Å². The summed E-state index contributed by atoms with van der Waals surface area (Å²) in [5.74, 6) is 1.56. The molecule has 2 nitrogen and oxygen atoms in total. The lowest BCUT2D eigenvalue weighted by molar-refractivity contribution is 0.0814. The Morgan fingerprint density at radius 3 is 2.80 bits per heavy atom. The van der Waals surface area contributed by atoms with Gasteiger partial charge in [0.25, 0.3) is 0 Å². The van der Waals surface area contributed by atoms with E-state index in [4.69, 9.17) is 4.74 Å². The lowest BCUT2D eigenvalue weighted by Crippen LogP contribution is -2.32. The van der Waals surface area contributed by atoms with E-state index in [0.29, 0.717) is 5.75 Å². The summed E-state index contributed by atoms with van der Waals surface area (Å²) in [6.07, 6.45) is -0.392. The minimum absolute atomic E-state index is 0.0736. The van der Waals surface area contributed by atoms with Crippen LogP contribution in [0.3, 0.4) is 0 Å². The molecule has 102 valence electrons. The van der Waals surface area contributed by atoms with Crippen LogP contribution >= 0.6 is 11.8 Å². The van der Waals surface area contributed by atoms with E-state index >= 15 is 0 Å². The van der Waals surface area contributed by atoms with Gasteiger partial charge in [0.15, 0.2) is 6.10 Å². The number of rotatable bonds is 2. The Morgan fingerprint density at radius 1 is 1.20 bits per heavy atom. The number of thioether (sulfide) groups is 1. The second kappa shape index (κ2) is 5.33. The van der Waals surface area contributed by atoms with Crippen molar-refractivity contribution in [3.05, 3.63) is 59.2 Å². The third-order valence-corrected chi connectivity index (χ3v) is 4.57. The third-order valence-electron chi connectivity index (χ3n) is 3.45. The quantitative estimate of drug-likeness (QED) is 0.779. The van der Waals surface area contributed by atoms with Gasteiger partial charge in [0, 0.05) is 16.2 Å². The fourth-order valence-corrected chi connectivity index (χ4v) is 3.40. The molecule has 20 heavy (non-hydrogen) atoms. The van der Waals surface area contributed by atoms with Gasteiger partial charge < -0.3 is 4.74 Å². The maximum atomic E-state index is 12.6. The maximum absolute atomic E-state index is 12.6. The molecule has 0 bridgehead atoms. The first-order valence-electron chi connectivity index (χ1n) is 6.65. The molecule has 0 amide bonds. The van der Waals surface area contributed by atoms with Gasteiger partial charge in [-0.3, -0.25) is 4.79 Å². The number of aryl methyl sites for hydroxylation is 2. The second-order valence-corrected chi connectivity index (χ2v) is 6.11. The zero-order chi connectivity index (χ0) is 14.1. The number of Topliss-reactive ketones (excluding diaryl/α,β-unsaturated/α-hetero) is 1. The van der Waals surface area contributed by atoms with Gasteiger partial charge in [-0.1, -0.05) is 35.9 Å². The highest BCUT2D eigenvalue weighted by atomic mass is 32.2. The summed E-state index contributed by atoms with van der Waals surface area (Å²) in [7, 11) is 0. The molecule has 2 aromatic carbocycles. The van der Waals surface area contributed by atoms with Crippen LogP contribution in [-0.4, -0.2) is 17.6 Å². The molecular formula is C17H16O2S. The smallest absolute Gasteiger partial charge is 0.204 e. The van der Waals surface area contributed by atoms with Gasteiger partial charge in [0.2, 0.25) is 5.78 Å². The van der Waals surface area contributed by atoms with Crippen LogP contribution in [0.1, 0.15) is 21.5 Å². The Bertz CT molecular complexity index is 664. The van der Waals surface area contributed by atoms with Crippen molar-refractivity contribution >= 4 is 17.5 Å². The highest BCUT2D eigenvalue weighted by Gasteiger charge is 2.28. The molecule has 0 saturated carbocycles. The van der Waals surface area contributed by atoms with Crippen LogP contribution in [-0.2, 0) is 0 Å². The standard InChI is InChI=1S/C17H16O2S/c1-11-7-8-13(12(2)9-11)17(18)15-10-20-16-6-4-3-5-14(16)19-15/h3-9,15H,10H2,1-2H3. The Hall–Kier alpha value is -1.74. The van der Waals surface area contributed by atoms with Crippen LogP contribution in [0.2, 0.25) is 0 Å². The number of fused-ring (bicyclic) bond motifs is 1. The monoisotopic (exact) mass is 284 g/mol. The zero-order valence-electron chi connectivity index (χ0n) is 11.6. The van der Waals surface area contributed by atoms with Gasteiger partial charge >= 0.3 is 0 Å². The predicted molar refractivity (Wildman–Crippen MR) is 81.8 cm³/mol. The number of carbonyl (C=O) groups is 1. The van der Waals surface area contributed by atoms with E-state index in [9.17, 15) is 4.79 Å². The first-order chi connectivity index (χ1) is 9.65. The molecule has 0 N–H and O–H groups in total. The van der Waals surface area contributed by atoms with Gasteiger partial charge in [-0.15, -0.1) is 11.8 Å². The summed E-state index contributed by atoms with van der Waals surface area (Å²) in [5, 5.41) is 0. The fraction of sp³-hybridized carbons (Fsp3) is 0.235. The van der Waals surface area contributed by atoms with Crippen molar-refractivity contribution in [1.29, 1.82) is 0 Å². The molecule has 0 aliphatic carbocycles. The molecule has 1 atom stereocenters. The average molecular weight is 284 g/mol. The van der Waals surface area contributed by atoms with Crippen molar-refractivity contribution < 1.29 is 9.53 Å².